The number of phenols is 1. The maximum atomic E-state index is 13.2. The highest BCUT2D eigenvalue weighted by molar-refractivity contribution is 5.92. The van der Waals surface area contributed by atoms with Gasteiger partial charge in [-0.25, -0.2) is 0 Å². The molecule has 250 valence electrons. The number of carbonyl (C=O) groups excluding carboxylic acids is 2. The van der Waals surface area contributed by atoms with E-state index in [0.29, 0.717) is 48.3 Å². The van der Waals surface area contributed by atoms with Gasteiger partial charge in [0.05, 0.1) is 11.7 Å². The molecule has 6 heteroatoms. The summed E-state index contributed by atoms with van der Waals surface area (Å²) in [6, 6.07) is 3.90. The second-order valence-corrected chi connectivity index (χ2v) is 17.3. The van der Waals surface area contributed by atoms with Crippen LogP contribution >= 0.6 is 0 Å². The normalized spacial score (nSPS) is 47.4. The Bertz CT molecular complexity index is 1500. The van der Waals surface area contributed by atoms with Crippen LogP contribution in [0.3, 0.4) is 0 Å². The highest BCUT2D eigenvalue weighted by Crippen LogP contribution is 2.71. The maximum Gasteiger partial charge on any atom is 0.305 e. The Morgan fingerprint density at radius 2 is 1.67 bits per heavy atom. The van der Waals surface area contributed by atoms with Gasteiger partial charge < -0.3 is 20.1 Å². The van der Waals surface area contributed by atoms with Crippen LogP contribution in [0.15, 0.2) is 23.8 Å². The van der Waals surface area contributed by atoms with Gasteiger partial charge in [-0.2, -0.15) is 0 Å². The Morgan fingerprint density at radius 1 is 0.913 bits per heavy atom. The van der Waals surface area contributed by atoms with Gasteiger partial charge >= 0.3 is 5.97 Å². The van der Waals surface area contributed by atoms with Crippen molar-refractivity contribution in [2.45, 2.75) is 141 Å². The van der Waals surface area contributed by atoms with E-state index in [1.54, 1.807) is 0 Å². The third kappa shape index (κ3) is 4.01. The zero-order valence-electron chi connectivity index (χ0n) is 28.3. The molecule has 0 heterocycles. The molecule has 0 amide bonds. The Morgan fingerprint density at radius 3 is 2.46 bits per heavy atom. The average Bonchev–Trinajstić information content (AvgIpc) is 3.49. The van der Waals surface area contributed by atoms with Gasteiger partial charge in [0.15, 0.2) is 5.78 Å². The fraction of sp³-hybridized carbons (Fsp3) is 0.750. The Balaban J connectivity index is 1.16. The number of aryl methyl sites for hydroxylation is 1. The summed E-state index contributed by atoms with van der Waals surface area (Å²) in [4.78, 5) is 25.3. The topological polar surface area (TPSA) is 104 Å². The van der Waals surface area contributed by atoms with Crippen LogP contribution in [-0.2, 0) is 26.3 Å². The van der Waals surface area contributed by atoms with Crippen LogP contribution in [0.2, 0.25) is 0 Å². The number of ether oxygens (including phenoxy) is 1. The summed E-state index contributed by atoms with van der Waals surface area (Å²) in [5.41, 5.74) is 2.95. The van der Waals surface area contributed by atoms with Crippen LogP contribution in [-0.4, -0.2) is 39.3 Å². The molecular formula is C40H54O6. The summed E-state index contributed by atoms with van der Waals surface area (Å²) in [5, 5.41) is 35.3. The molecule has 12 atom stereocenters. The summed E-state index contributed by atoms with van der Waals surface area (Å²) in [6.07, 6.45) is 13.1. The fourth-order valence-corrected chi connectivity index (χ4v) is 13.5. The first-order valence-corrected chi connectivity index (χ1v) is 18.5. The minimum Gasteiger partial charge on any atom is -0.508 e. The van der Waals surface area contributed by atoms with Crippen molar-refractivity contribution in [3.05, 3.63) is 40.5 Å². The molecule has 1 aromatic carbocycles. The summed E-state index contributed by atoms with van der Waals surface area (Å²) in [7, 11) is 0. The minimum atomic E-state index is -1.03. The number of aliphatic hydroxyl groups excluding tert-OH is 1. The van der Waals surface area contributed by atoms with Gasteiger partial charge in [0.2, 0.25) is 0 Å². The van der Waals surface area contributed by atoms with Crippen LogP contribution in [0.4, 0.5) is 0 Å². The molecule has 0 radical (unpaired) electrons. The fourth-order valence-electron chi connectivity index (χ4n) is 13.5. The molecule has 7 aliphatic carbocycles. The van der Waals surface area contributed by atoms with Crippen molar-refractivity contribution in [1.82, 2.24) is 0 Å². The van der Waals surface area contributed by atoms with E-state index in [2.05, 4.69) is 20.8 Å². The molecule has 0 bridgehead atoms. The number of hydrogen-bond acceptors (Lipinski definition) is 6. The predicted octanol–water partition coefficient (Wildman–Crippen LogP) is 7.26. The second-order valence-electron chi connectivity index (χ2n) is 17.3. The number of carbonyl (C=O) groups is 2. The molecule has 46 heavy (non-hydrogen) atoms. The monoisotopic (exact) mass is 630 g/mol. The van der Waals surface area contributed by atoms with Crippen molar-refractivity contribution in [2.75, 3.05) is 0 Å². The third-order valence-corrected chi connectivity index (χ3v) is 16.0. The summed E-state index contributed by atoms with van der Waals surface area (Å²) in [6.45, 7) is 8.71. The molecule has 7 aliphatic rings. The molecule has 5 saturated carbocycles. The maximum absolute atomic E-state index is 13.2. The predicted molar refractivity (Wildman–Crippen MR) is 175 cm³/mol. The van der Waals surface area contributed by atoms with E-state index in [1.807, 2.05) is 25.1 Å². The van der Waals surface area contributed by atoms with Crippen LogP contribution in [0.25, 0.3) is 0 Å². The van der Waals surface area contributed by atoms with Crippen molar-refractivity contribution in [3.63, 3.8) is 0 Å². The van der Waals surface area contributed by atoms with Crippen molar-refractivity contribution in [3.8, 4) is 5.75 Å². The van der Waals surface area contributed by atoms with E-state index in [-0.39, 0.29) is 46.3 Å². The van der Waals surface area contributed by atoms with Gasteiger partial charge in [-0.15, -0.1) is 0 Å². The number of benzene rings is 1. The number of phenolic OH excluding ortho intramolecular Hbond substituents is 1. The number of hydrogen-bond donors (Lipinski definition) is 3. The lowest BCUT2D eigenvalue weighted by Gasteiger charge is -2.60. The molecule has 0 aromatic heterocycles. The van der Waals surface area contributed by atoms with Crippen molar-refractivity contribution in [2.24, 2.45) is 45.8 Å². The zero-order chi connectivity index (χ0) is 32.4. The van der Waals surface area contributed by atoms with Gasteiger partial charge in [-0.3, -0.25) is 9.59 Å². The quantitative estimate of drug-likeness (QED) is 0.304. The number of aromatic hydroxyl groups is 1. The molecule has 0 aliphatic heterocycles. The Hall–Kier alpha value is -2.18. The number of ketones is 1. The van der Waals surface area contributed by atoms with E-state index in [9.17, 15) is 24.9 Å². The third-order valence-electron chi connectivity index (χ3n) is 16.0. The minimum absolute atomic E-state index is 0.00704. The second kappa shape index (κ2) is 10.4. The first kappa shape index (κ1) is 31.1. The number of aliphatic hydroxyl groups is 2. The number of rotatable bonds is 3. The van der Waals surface area contributed by atoms with E-state index in [4.69, 9.17) is 4.74 Å². The van der Waals surface area contributed by atoms with Crippen LogP contribution in [0.5, 0.6) is 5.75 Å². The SMILES string of the molecule is CCC(=O)OC1CC(=O)C=C2CC[C@H]3[C@@H]4CC[C@@](O)(c5cc(O)cc6c5[C@H]5CC[C@]7(C)[C@H](O)CC[C@H]7[C@@H]5CC6)[C@@]4(C)CC[C@@H]3[C@]21C. The average molecular weight is 631 g/mol. The lowest BCUT2D eigenvalue weighted by Crippen LogP contribution is -2.57. The molecule has 0 saturated heterocycles. The molecule has 3 N–H and O–H groups in total. The van der Waals surface area contributed by atoms with E-state index >= 15 is 0 Å². The van der Waals surface area contributed by atoms with Gasteiger partial charge in [0, 0.05) is 23.7 Å². The number of esters is 1. The standard InChI is InChI=1S/C40H54O6/c1-5-35(44)46-34-21-25(42)19-23-7-9-28-30-14-17-40(45,38(30,3)16-13-31(28)39(23,34)4)32-20-24(41)18-22-6-8-26-27(36(22)32)12-15-37(2)29(26)10-11-33(37)43/h18-20,26-31,33-34,41,43,45H,5-17,21H2,1-4H3/t26-,27+,28+,29+,30+,31+,33-,34?,37+,38+,39+,40-/m1/s1. The molecule has 5 fully saturated rings. The lowest BCUT2D eigenvalue weighted by molar-refractivity contribution is -0.171. The van der Waals surface area contributed by atoms with Crippen molar-refractivity contribution in [1.29, 1.82) is 0 Å². The van der Waals surface area contributed by atoms with E-state index in [1.165, 1.54) is 11.1 Å². The van der Waals surface area contributed by atoms with Gasteiger partial charge in [-0.1, -0.05) is 33.3 Å². The Labute approximate surface area is 274 Å². The largest absolute Gasteiger partial charge is 0.508 e. The van der Waals surface area contributed by atoms with Crippen LogP contribution in [0, 0.1) is 45.8 Å². The summed E-state index contributed by atoms with van der Waals surface area (Å²) < 4.78 is 6.05. The molecule has 1 unspecified atom stereocenters. The van der Waals surface area contributed by atoms with Gasteiger partial charge in [0.1, 0.15) is 11.9 Å². The Kier molecular flexibility index (Phi) is 7.04. The van der Waals surface area contributed by atoms with Crippen molar-refractivity contribution < 1.29 is 29.6 Å². The zero-order valence-corrected chi connectivity index (χ0v) is 28.3. The molecule has 1 aromatic rings. The smallest absolute Gasteiger partial charge is 0.305 e. The van der Waals surface area contributed by atoms with E-state index < -0.39 is 11.7 Å². The number of fused-ring (bicyclic) bond motifs is 10. The molecule has 0 spiro atoms. The van der Waals surface area contributed by atoms with Crippen LogP contribution in [0.1, 0.15) is 134 Å². The highest BCUT2D eigenvalue weighted by atomic mass is 16.5. The highest BCUT2D eigenvalue weighted by Gasteiger charge is 2.67. The summed E-state index contributed by atoms with van der Waals surface area (Å²) >= 11 is 0. The lowest BCUT2D eigenvalue weighted by atomic mass is 9.45. The van der Waals surface area contributed by atoms with Crippen LogP contribution < -0.4 is 0 Å². The first-order valence-electron chi connectivity index (χ1n) is 18.5. The molecule has 8 rings (SSSR count). The van der Waals surface area contributed by atoms with Crippen molar-refractivity contribution >= 4 is 11.8 Å². The first-order chi connectivity index (χ1) is 21.8. The molecular weight excluding hydrogens is 576 g/mol. The van der Waals surface area contributed by atoms with E-state index in [0.717, 1.165) is 81.8 Å². The molecule has 6 nitrogen and oxygen atoms in total. The van der Waals surface area contributed by atoms with Gasteiger partial charge in [-0.05, 0) is 153 Å². The van der Waals surface area contributed by atoms with Gasteiger partial charge in [0.25, 0.3) is 0 Å². The summed E-state index contributed by atoms with van der Waals surface area (Å²) in [5.74, 6) is 2.47.